The Morgan fingerprint density at radius 1 is 1.25 bits per heavy atom. The first-order valence-electron chi connectivity index (χ1n) is 6.78. The lowest BCUT2D eigenvalue weighted by atomic mass is 9.93. The van der Waals surface area contributed by atoms with Crippen LogP contribution in [0.3, 0.4) is 0 Å². The first-order chi connectivity index (χ1) is 7.74. The van der Waals surface area contributed by atoms with Crippen molar-refractivity contribution in [3.63, 3.8) is 0 Å². The summed E-state index contributed by atoms with van der Waals surface area (Å²) in [7, 11) is 0. The van der Waals surface area contributed by atoms with E-state index in [0.717, 1.165) is 25.4 Å². The van der Waals surface area contributed by atoms with Crippen LogP contribution in [-0.4, -0.2) is 36.0 Å². The summed E-state index contributed by atoms with van der Waals surface area (Å²) in [6.07, 6.45) is 6.12. The second-order valence-electron chi connectivity index (χ2n) is 5.96. The molecule has 3 fully saturated rings. The van der Waals surface area contributed by atoms with E-state index in [-0.39, 0.29) is 6.04 Å². The molecule has 1 amide bonds. The molecule has 2 saturated heterocycles. The topological polar surface area (TPSA) is 32.3 Å². The molecule has 1 N–H and O–H groups in total. The van der Waals surface area contributed by atoms with Gasteiger partial charge in [0.25, 0.3) is 0 Å². The summed E-state index contributed by atoms with van der Waals surface area (Å²) in [5, 5.41) is 3.39. The highest BCUT2D eigenvalue weighted by Gasteiger charge is 2.42. The predicted molar refractivity (Wildman–Crippen MR) is 63.0 cm³/mol. The van der Waals surface area contributed by atoms with Crippen molar-refractivity contribution in [1.82, 2.24) is 10.2 Å². The van der Waals surface area contributed by atoms with E-state index in [0.29, 0.717) is 17.9 Å². The molecule has 90 valence electrons. The van der Waals surface area contributed by atoms with Gasteiger partial charge in [-0.25, -0.2) is 0 Å². The Balaban J connectivity index is 1.64. The molecule has 0 aromatic rings. The Morgan fingerprint density at radius 3 is 2.75 bits per heavy atom. The smallest absolute Gasteiger partial charge is 0.239 e. The van der Waals surface area contributed by atoms with E-state index in [1.165, 1.54) is 25.7 Å². The summed E-state index contributed by atoms with van der Waals surface area (Å²) in [4.78, 5) is 14.6. The minimum Gasteiger partial charge on any atom is -0.338 e. The van der Waals surface area contributed by atoms with Crippen LogP contribution in [0.15, 0.2) is 0 Å². The van der Waals surface area contributed by atoms with Gasteiger partial charge in [-0.05, 0) is 50.5 Å². The lowest BCUT2D eigenvalue weighted by molar-refractivity contribution is -0.136. The monoisotopic (exact) mass is 222 g/mol. The number of carbonyl (C=O) groups is 1. The molecule has 4 atom stereocenters. The molecular weight excluding hydrogens is 200 g/mol. The maximum atomic E-state index is 12.4. The molecule has 1 aliphatic carbocycles. The number of hydrogen-bond donors (Lipinski definition) is 1. The number of piperidine rings is 2. The van der Waals surface area contributed by atoms with Crippen molar-refractivity contribution < 1.29 is 4.79 Å². The van der Waals surface area contributed by atoms with Crippen molar-refractivity contribution in [3.05, 3.63) is 0 Å². The van der Waals surface area contributed by atoms with Crippen LogP contribution in [0.1, 0.15) is 39.0 Å². The average molecular weight is 222 g/mol. The van der Waals surface area contributed by atoms with E-state index in [9.17, 15) is 4.79 Å². The van der Waals surface area contributed by atoms with Gasteiger partial charge < -0.3 is 10.2 Å². The van der Waals surface area contributed by atoms with Crippen molar-refractivity contribution >= 4 is 5.91 Å². The van der Waals surface area contributed by atoms with Gasteiger partial charge in [-0.15, -0.1) is 0 Å². The zero-order valence-electron chi connectivity index (χ0n) is 10.1. The van der Waals surface area contributed by atoms with Crippen molar-refractivity contribution in [2.75, 3.05) is 13.1 Å². The third-order valence-electron chi connectivity index (χ3n) is 4.66. The molecule has 0 spiro atoms. The fourth-order valence-electron chi connectivity index (χ4n) is 3.69. The zero-order valence-corrected chi connectivity index (χ0v) is 10.1. The van der Waals surface area contributed by atoms with Gasteiger partial charge in [0, 0.05) is 12.6 Å². The molecule has 3 aliphatic rings. The van der Waals surface area contributed by atoms with E-state index in [2.05, 4.69) is 17.1 Å². The van der Waals surface area contributed by atoms with Crippen LogP contribution in [0.4, 0.5) is 0 Å². The number of likely N-dealkylation sites (tertiary alicyclic amines) is 1. The summed E-state index contributed by atoms with van der Waals surface area (Å²) in [6, 6.07) is 0.694. The Hall–Kier alpha value is -0.570. The molecule has 4 unspecified atom stereocenters. The Labute approximate surface area is 97.6 Å². The quantitative estimate of drug-likeness (QED) is 0.727. The molecule has 0 aromatic carbocycles. The lowest BCUT2D eigenvalue weighted by Gasteiger charge is -2.34. The van der Waals surface area contributed by atoms with Crippen molar-refractivity contribution in [2.24, 2.45) is 11.8 Å². The van der Waals surface area contributed by atoms with Crippen molar-refractivity contribution in [2.45, 2.75) is 51.1 Å². The second kappa shape index (κ2) is 4.02. The third-order valence-corrected chi connectivity index (χ3v) is 4.66. The molecule has 3 rings (SSSR count). The van der Waals surface area contributed by atoms with E-state index in [1.54, 1.807) is 0 Å². The first-order valence-corrected chi connectivity index (χ1v) is 6.78. The maximum absolute atomic E-state index is 12.4. The second-order valence-corrected chi connectivity index (χ2v) is 5.96. The molecule has 16 heavy (non-hydrogen) atoms. The highest BCUT2D eigenvalue weighted by molar-refractivity contribution is 5.82. The van der Waals surface area contributed by atoms with Gasteiger partial charge in [0.05, 0.1) is 6.04 Å². The molecule has 3 heteroatoms. The number of fused-ring (bicyclic) bond motifs is 2. The van der Waals surface area contributed by atoms with Crippen LogP contribution < -0.4 is 5.32 Å². The number of nitrogens with zero attached hydrogens (tertiary/aromatic N) is 1. The fourth-order valence-corrected chi connectivity index (χ4v) is 3.69. The molecule has 1 saturated carbocycles. The molecule has 2 bridgehead atoms. The SMILES string of the molecule is CC1CCNC(C(=O)N2CC3CCC2C3)C1. The standard InChI is InChI=1S/C13H22N2O/c1-9-4-5-14-12(6-9)13(16)15-8-10-2-3-11(15)7-10/h9-12,14H,2-8H2,1H3. The van der Waals surface area contributed by atoms with Gasteiger partial charge >= 0.3 is 0 Å². The number of hydrogen-bond acceptors (Lipinski definition) is 2. The Kier molecular flexibility index (Phi) is 2.66. The number of carbonyl (C=O) groups excluding carboxylic acids is 1. The van der Waals surface area contributed by atoms with Crippen molar-refractivity contribution in [3.8, 4) is 0 Å². The van der Waals surface area contributed by atoms with Crippen molar-refractivity contribution in [1.29, 1.82) is 0 Å². The molecule has 3 nitrogen and oxygen atoms in total. The third kappa shape index (κ3) is 1.75. The van der Waals surface area contributed by atoms with E-state index < -0.39 is 0 Å². The van der Waals surface area contributed by atoms with Gasteiger partial charge in [-0.3, -0.25) is 4.79 Å². The predicted octanol–water partition coefficient (Wildman–Crippen LogP) is 1.39. The zero-order chi connectivity index (χ0) is 11.1. The van der Waals surface area contributed by atoms with Gasteiger partial charge in [0.2, 0.25) is 5.91 Å². The largest absolute Gasteiger partial charge is 0.338 e. The summed E-state index contributed by atoms with van der Waals surface area (Å²) >= 11 is 0. The summed E-state index contributed by atoms with van der Waals surface area (Å²) in [6.45, 7) is 4.31. The van der Waals surface area contributed by atoms with Crippen LogP contribution in [0.5, 0.6) is 0 Å². The minimum atomic E-state index is 0.114. The Morgan fingerprint density at radius 2 is 2.12 bits per heavy atom. The Bertz CT molecular complexity index is 292. The van der Waals surface area contributed by atoms with Crippen LogP contribution >= 0.6 is 0 Å². The van der Waals surface area contributed by atoms with Crippen LogP contribution in [0.2, 0.25) is 0 Å². The molecular formula is C13H22N2O. The average Bonchev–Trinajstić information content (AvgIpc) is 2.89. The number of nitrogens with one attached hydrogen (secondary N) is 1. The summed E-state index contributed by atoms with van der Waals surface area (Å²) in [5.41, 5.74) is 0. The first kappa shape index (κ1) is 10.6. The summed E-state index contributed by atoms with van der Waals surface area (Å²) in [5.74, 6) is 1.91. The fraction of sp³-hybridized carbons (Fsp3) is 0.923. The molecule has 2 heterocycles. The lowest BCUT2D eigenvalue weighted by Crippen LogP contribution is -2.52. The van der Waals surface area contributed by atoms with Crippen LogP contribution in [0.25, 0.3) is 0 Å². The molecule has 2 aliphatic heterocycles. The molecule has 0 aromatic heterocycles. The highest BCUT2D eigenvalue weighted by Crippen LogP contribution is 2.38. The number of amides is 1. The number of rotatable bonds is 1. The van der Waals surface area contributed by atoms with Crippen LogP contribution in [0, 0.1) is 11.8 Å². The van der Waals surface area contributed by atoms with E-state index >= 15 is 0 Å². The van der Waals surface area contributed by atoms with E-state index in [4.69, 9.17) is 0 Å². The normalized spacial score (nSPS) is 42.7. The molecule has 0 radical (unpaired) electrons. The highest BCUT2D eigenvalue weighted by atomic mass is 16.2. The van der Waals surface area contributed by atoms with Crippen LogP contribution in [-0.2, 0) is 4.79 Å². The van der Waals surface area contributed by atoms with E-state index in [1.807, 2.05) is 0 Å². The van der Waals surface area contributed by atoms with Gasteiger partial charge in [0.1, 0.15) is 0 Å². The minimum absolute atomic E-state index is 0.114. The van der Waals surface area contributed by atoms with Gasteiger partial charge in [-0.1, -0.05) is 6.92 Å². The maximum Gasteiger partial charge on any atom is 0.239 e. The van der Waals surface area contributed by atoms with Gasteiger partial charge in [-0.2, -0.15) is 0 Å². The summed E-state index contributed by atoms with van der Waals surface area (Å²) < 4.78 is 0. The van der Waals surface area contributed by atoms with Gasteiger partial charge in [0.15, 0.2) is 0 Å².